The molecule has 0 spiro atoms. The van der Waals surface area contributed by atoms with Crippen LogP contribution in [0.4, 0.5) is 17.1 Å². The molecular formula is C54H44N4. The van der Waals surface area contributed by atoms with Crippen LogP contribution in [0.2, 0.25) is 0 Å². The van der Waals surface area contributed by atoms with Gasteiger partial charge >= 0.3 is 0 Å². The van der Waals surface area contributed by atoms with Crippen LogP contribution in [0, 0.1) is 0 Å². The molecule has 0 radical (unpaired) electrons. The summed E-state index contributed by atoms with van der Waals surface area (Å²) in [7, 11) is 0. The van der Waals surface area contributed by atoms with Gasteiger partial charge in [0.05, 0.1) is 5.69 Å². The molecule has 0 N–H and O–H groups in total. The summed E-state index contributed by atoms with van der Waals surface area (Å²) in [6.45, 7) is 8.73. The van der Waals surface area contributed by atoms with Gasteiger partial charge < -0.3 is 4.90 Å². The van der Waals surface area contributed by atoms with Crippen LogP contribution < -0.4 is 4.90 Å². The fourth-order valence-electron chi connectivity index (χ4n) is 8.11. The molecule has 0 saturated carbocycles. The van der Waals surface area contributed by atoms with E-state index in [0.29, 0.717) is 17.5 Å². The minimum Gasteiger partial charge on any atom is -0.310 e. The Bertz CT molecular complexity index is 2800. The van der Waals surface area contributed by atoms with E-state index in [1.807, 2.05) is 62.4 Å². The maximum absolute atomic E-state index is 5.05. The number of aromatic nitrogens is 3. The number of nitrogens with zero attached hydrogens (tertiary/aromatic N) is 4. The van der Waals surface area contributed by atoms with Crippen LogP contribution >= 0.6 is 0 Å². The van der Waals surface area contributed by atoms with Gasteiger partial charge in [0.2, 0.25) is 0 Å². The van der Waals surface area contributed by atoms with Crippen molar-refractivity contribution in [2.45, 2.75) is 33.1 Å². The highest BCUT2D eigenvalue weighted by molar-refractivity contribution is 5.91. The second-order valence-electron chi connectivity index (χ2n) is 15.3. The molecule has 58 heavy (non-hydrogen) atoms. The minimum absolute atomic E-state index is 0.293. The predicted molar refractivity (Wildman–Crippen MR) is 242 cm³/mol. The Balaban J connectivity index is 1.15. The largest absolute Gasteiger partial charge is 0.310 e. The molecule has 9 rings (SSSR count). The molecule has 280 valence electrons. The number of fused-ring (bicyclic) bond motifs is 3. The Morgan fingerprint density at radius 2 is 1.00 bits per heavy atom. The highest BCUT2D eigenvalue weighted by Gasteiger charge is 2.36. The predicted octanol–water partition coefficient (Wildman–Crippen LogP) is 14.3. The van der Waals surface area contributed by atoms with E-state index in [2.05, 4.69) is 164 Å². The second-order valence-corrected chi connectivity index (χ2v) is 15.3. The number of anilines is 3. The van der Waals surface area contributed by atoms with Crippen LogP contribution in [0.3, 0.4) is 0 Å². The third kappa shape index (κ3) is 6.84. The van der Waals surface area contributed by atoms with Crippen LogP contribution in [0.5, 0.6) is 0 Å². The van der Waals surface area contributed by atoms with Crippen LogP contribution in [-0.2, 0) is 5.41 Å². The van der Waals surface area contributed by atoms with Gasteiger partial charge in [-0.1, -0.05) is 172 Å². The molecule has 0 bridgehead atoms. The average Bonchev–Trinajstić information content (AvgIpc) is 3.51. The van der Waals surface area contributed by atoms with Crippen LogP contribution in [0.25, 0.3) is 61.7 Å². The van der Waals surface area contributed by atoms with E-state index >= 15 is 0 Å². The number of hydrogen-bond donors (Lipinski definition) is 0. The van der Waals surface area contributed by atoms with Crippen molar-refractivity contribution in [3.8, 4) is 56.2 Å². The Morgan fingerprint density at radius 3 is 1.67 bits per heavy atom. The van der Waals surface area contributed by atoms with Gasteiger partial charge in [-0.15, -0.1) is 0 Å². The van der Waals surface area contributed by atoms with E-state index in [1.54, 1.807) is 0 Å². The summed E-state index contributed by atoms with van der Waals surface area (Å²) in [6, 6.07) is 62.7. The quantitative estimate of drug-likeness (QED) is 0.138. The Hall–Kier alpha value is -7.17. The van der Waals surface area contributed by atoms with Crippen molar-refractivity contribution in [2.75, 3.05) is 4.90 Å². The molecule has 1 aromatic heterocycles. The molecule has 1 aliphatic carbocycles. The number of benzene rings is 7. The van der Waals surface area contributed by atoms with Crippen molar-refractivity contribution in [1.82, 2.24) is 15.0 Å². The standard InChI is InChI=1S/C54H44N4/c1-5-6-18-37(2)51-55-52(41-23-14-9-15-24-41)57-53(56-51)42-29-33-46-47-34-32-44(36-49(47)54(3,4)48(46)35-42)58(43-30-27-39(28-31-43)38-19-10-7-11-20-38)50-26-17-16-25-45(50)40-21-12-8-13-22-40/h5-36H,1-4H3. The molecule has 4 heteroatoms. The monoisotopic (exact) mass is 748 g/mol. The first kappa shape index (κ1) is 36.5. The highest BCUT2D eigenvalue weighted by Crippen LogP contribution is 2.52. The fourth-order valence-corrected chi connectivity index (χ4v) is 8.11. The molecule has 0 amide bonds. The summed E-state index contributed by atoms with van der Waals surface area (Å²) in [4.78, 5) is 17.4. The number of hydrogen-bond acceptors (Lipinski definition) is 4. The van der Waals surface area contributed by atoms with E-state index in [0.717, 1.165) is 33.8 Å². The first-order valence-corrected chi connectivity index (χ1v) is 19.9. The Morgan fingerprint density at radius 1 is 0.483 bits per heavy atom. The Labute approximate surface area is 341 Å². The van der Waals surface area contributed by atoms with E-state index in [4.69, 9.17) is 15.0 Å². The van der Waals surface area contributed by atoms with E-state index in [9.17, 15) is 0 Å². The molecular weight excluding hydrogens is 705 g/mol. The molecule has 0 aliphatic heterocycles. The number of allylic oxidation sites excluding steroid dienone is 4. The molecule has 0 unspecified atom stereocenters. The van der Waals surface area contributed by atoms with Crippen molar-refractivity contribution < 1.29 is 0 Å². The van der Waals surface area contributed by atoms with E-state index in [-0.39, 0.29) is 5.41 Å². The fraction of sp³-hybridized carbons (Fsp3) is 0.0926. The molecule has 0 fully saturated rings. The molecule has 0 saturated heterocycles. The maximum atomic E-state index is 5.05. The lowest BCUT2D eigenvalue weighted by atomic mass is 9.81. The van der Waals surface area contributed by atoms with Gasteiger partial charge in [0.1, 0.15) is 0 Å². The normalized spacial score (nSPS) is 13.0. The summed E-state index contributed by atoms with van der Waals surface area (Å²) in [6.07, 6.45) is 6.08. The highest BCUT2D eigenvalue weighted by atomic mass is 15.1. The van der Waals surface area contributed by atoms with Gasteiger partial charge in [-0.2, -0.15) is 0 Å². The van der Waals surface area contributed by atoms with Crippen molar-refractivity contribution >= 4 is 22.6 Å². The summed E-state index contributed by atoms with van der Waals surface area (Å²) in [5.74, 6) is 1.99. The second kappa shape index (κ2) is 15.4. The number of para-hydroxylation sites is 1. The molecule has 1 heterocycles. The first-order valence-electron chi connectivity index (χ1n) is 19.9. The molecule has 4 nitrogen and oxygen atoms in total. The van der Waals surface area contributed by atoms with Gasteiger partial charge in [0.25, 0.3) is 0 Å². The van der Waals surface area contributed by atoms with Gasteiger partial charge in [-0.05, 0) is 94.8 Å². The van der Waals surface area contributed by atoms with Crippen LogP contribution in [0.15, 0.2) is 194 Å². The van der Waals surface area contributed by atoms with Crippen LogP contribution in [-0.4, -0.2) is 15.0 Å². The zero-order valence-electron chi connectivity index (χ0n) is 33.3. The van der Waals surface area contributed by atoms with E-state index < -0.39 is 0 Å². The summed E-state index contributed by atoms with van der Waals surface area (Å²) in [5, 5.41) is 0. The average molecular weight is 749 g/mol. The zero-order valence-corrected chi connectivity index (χ0v) is 33.3. The van der Waals surface area contributed by atoms with Gasteiger partial charge in [0.15, 0.2) is 17.5 Å². The minimum atomic E-state index is -0.293. The van der Waals surface area contributed by atoms with Crippen molar-refractivity contribution in [1.29, 1.82) is 0 Å². The van der Waals surface area contributed by atoms with Gasteiger partial charge in [-0.25, -0.2) is 15.0 Å². The van der Waals surface area contributed by atoms with Crippen molar-refractivity contribution in [2.24, 2.45) is 0 Å². The lowest BCUT2D eigenvalue weighted by molar-refractivity contribution is 0.660. The lowest BCUT2D eigenvalue weighted by Gasteiger charge is -2.30. The Kier molecular flexibility index (Phi) is 9.68. The lowest BCUT2D eigenvalue weighted by Crippen LogP contribution is -2.17. The summed E-state index contributed by atoms with van der Waals surface area (Å²) in [5.41, 5.74) is 15.7. The van der Waals surface area contributed by atoms with Gasteiger partial charge in [-0.3, -0.25) is 0 Å². The smallest absolute Gasteiger partial charge is 0.164 e. The third-order valence-corrected chi connectivity index (χ3v) is 11.2. The van der Waals surface area contributed by atoms with Crippen LogP contribution in [0.1, 0.15) is 44.6 Å². The SMILES string of the molecule is CC=CC=C(C)c1nc(-c2ccccc2)nc(-c2ccc3c(c2)C(C)(C)c2cc(N(c4ccc(-c5ccccc5)cc4)c4ccccc4-c4ccccc4)ccc2-3)n1. The zero-order chi connectivity index (χ0) is 39.6. The molecule has 8 aromatic rings. The first-order chi connectivity index (χ1) is 28.4. The van der Waals surface area contributed by atoms with E-state index in [1.165, 1.54) is 44.5 Å². The van der Waals surface area contributed by atoms with Gasteiger partial charge in [0, 0.05) is 33.5 Å². The molecule has 0 atom stereocenters. The third-order valence-electron chi connectivity index (χ3n) is 11.2. The van der Waals surface area contributed by atoms with Crippen molar-refractivity contribution in [3.05, 3.63) is 211 Å². The van der Waals surface area contributed by atoms with Crippen molar-refractivity contribution in [3.63, 3.8) is 0 Å². The molecule has 1 aliphatic rings. The summed E-state index contributed by atoms with van der Waals surface area (Å²) < 4.78 is 0. The maximum Gasteiger partial charge on any atom is 0.164 e. The number of rotatable bonds is 9. The summed E-state index contributed by atoms with van der Waals surface area (Å²) >= 11 is 0. The topological polar surface area (TPSA) is 41.9 Å². The molecule has 7 aromatic carbocycles.